The zero-order valence-electron chi connectivity index (χ0n) is 13.3. The normalized spacial score (nSPS) is 21.0. The quantitative estimate of drug-likeness (QED) is 0.773. The molecule has 0 aromatic heterocycles. The first-order valence-corrected chi connectivity index (χ1v) is 7.82. The van der Waals surface area contributed by atoms with Crippen molar-refractivity contribution in [2.75, 3.05) is 32.9 Å². The van der Waals surface area contributed by atoms with Crippen LogP contribution >= 0.6 is 0 Å². The van der Waals surface area contributed by atoms with E-state index in [4.69, 9.17) is 14.6 Å². The van der Waals surface area contributed by atoms with Gasteiger partial charge in [0.25, 0.3) is 0 Å². The van der Waals surface area contributed by atoms with Crippen LogP contribution in [-0.2, 0) is 14.3 Å². The van der Waals surface area contributed by atoms with Crippen molar-refractivity contribution in [2.45, 2.75) is 13.3 Å². The molecule has 1 fully saturated rings. The summed E-state index contributed by atoms with van der Waals surface area (Å²) in [5.41, 5.74) is 0. The summed E-state index contributed by atoms with van der Waals surface area (Å²) < 4.78 is 10.8. The molecule has 2 unspecified atom stereocenters. The summed E-state index contributed by atoms with van der Waals surface area (Å²) in [6.45, 7) is 3.45. The van der Waals surface area contributed by atoms with Gasteiger partial charge in [-0.05, 0) is 24.5 Å². The minimum atomic E-state index is -0.841. The summed E-state index contributed by atoms with van der Waals surface area (Å²) in [6.07, 6.45) is 0.616. The predicted octanol–water partition coefficient (Wildman–Crippen LogP) is 1.65. The molecule has 1 aromatic carbocycles. The lowest BCUT2D eigenvalue weighted by atomic mass is 9.90. The number of hydrogen-bond donors (Lipinski definition) is 1. The molecule has 6 heteroatoms. The average molecular weight is 321 g/mol. The second-order valence-electron chi connectivity index (χ2n) is 5.89. The highest BCUT2D eigenvalue weighted by atomic mass is 16.5. The number of carbonyl (C=O) groups excluding carboxylic acids is 1. The standard InChI is InChI=1S/C17H23NO5/c1-13-9-14(17(20)21)11-18(10-13)16(19)12-22-7-8-23-15-5-3-2-4-6-15/h2-6,13-14H,7-12H2,1H3,(H,20,21). The number of likely N-dealkylation sites (tertiary alicyclic amines) is 1. The molecule has 1 aliphatic heterocycles. The van der Waals surface area contributed by atoms with Gasteiger partial charge in [-0.1, -0.05) is 25.1 Å². The molecule has 0 saturated carbocycles. The Morgan fingerprint density at radius 3 is 2.65 bits per heavy atom. The number of nitrogens with zero attached hydrogens (tertiary/aromatic N) is 1. The van der Waals surface area contributed by atoms with E-state index in [9.17, 15) is 9.59 Å². The highest BCUT2D eigenvalue weighted by Gasteiger charge is 2.31. The molecule has 0 bridgehead atoms. The zero-order chi connectivity index (χ0) is 16.7. The van der Waals surface area contributed by atoms with Crippen LogP contribution in [0.25, 0.3) is 0 Å². The van der Waals surface area contributed by atoms with E-state index in [2.05, 4.69) is 0 Å². The van der Waals surface area contributed by atoms with Crippen molar-refractivity contribution in [3.05, 3.63) is 30.3 Å². The summed E-state index contributed by atoms with van der Waals surface area (Å²) in [5, 5.41) is 9.12. The van der Waals surface area contributed by atoms with Gasteiger partial charge < -0.3 is 19.5 Å². The number of benzene rings is 1. The third-order valence-corrected chi connectivity index (χ3v) is 3.83. The second-order valence-corrected chi connectivity index (χ2v) is 5.89. The number of ether oxygens (including phenoxy) is 2. The maximum absolute atomic E-state index is 12.1. The molecule has 6 nitrogen and oxygen atoms in total. The molecule has 0 radical (unpaired) electrons. The number of carboxylic acid groups (broad SMARTS) is 1. The molecule has 23 heavy (non-hydrogen) atoms. The molecule has 1 aliphatic rings. The average Bonchev–Trinajstić information content (AvgIpc) is 2.54. The van der Waals surface area contributed by atoms with Crippen molar-refractivity contribution in [1.82, 2.24) is 4.90 Å². The minimum Gasteiger partial charge on any atom is -0.491 e. The fraction of sp³-hybridized carbons (Fsp3) is 0.529. The van der Waals surface area contributed by atoms with Crippen molar-refractivity contribution in [1.29, 1.82) is 0 Å². The highest BCUT2D eigenvalue weighted by Crippen LogP contribution is 2.21. The van der Waals surface area contributed by atoms with E-state index in [0.717, 1.165) is 5.75 Å². The summed E-state index contributed by atoms with van der Waals surface area (Å²) in [7, 11) is 0. The number of hydrogen-bond acceptors (Lipinski definition) is 4. The lowest BCUT2D eigenvalue weighted by Gasteiger charge is -2.34. The van der Waals surface area contributed by atoms with Gasteiger partial charge >= 0.3 is 5.97 Å². The first-order chi connectivity index (χ1) is 11.1. The van der Waals surface area contributed by atoms with Gasteiger partial charge in [-0.2, -0.15) is 0 Å². The van der Waals surface area contributed by atoms with Gasteiger partial charge in [-0.25, -0.2) is 0 Å². The highest BCUT2D eigenvalue weighted by molar-refractivity contribution is 5.79. The molecule has 2 atom stereocenters. The maximum atomic E-state index is 12.1. The number of aliphatic carboxylic acids is 1. The predicted molar refractivity (Wildman–Crippen MR) is 84.2 cm³/mol. The molecule has 2 rings (SSSR count). The molecule has 0 spiro atoms. The Bertz CT molecular complexity index is 519. The van der Waals surface area contributed by atoms with Crippen LogP contribution in [-0.4, -0.2) is 54.8 Å². The van der Waals surface area contributed by atoms with Gasteiger partial charge in [0.2, 0.25) is 5.91 Å². The molecular formula is C17H23NO5. The summed E-state index contributed by atoms with van der Waals surface area (Å²) in [4.78, 5) is 24.8. The number of para-hydroxylation sites is 1. The number of amides is 1. The Balaban J connectivity index is 1.67. The van der Waals surface area contributed by atoms with Crippen molar-refractivity contribution < 1.29 is 24.2 Å². The molecule has 1 aromatic rings. The first kappa shape index (κ1) is 17.3. The van der Waals surface area contributed by atoms with Crippen molar-refractivity contribution in [3.8, 4) is 5.75 Å². The lowest BCUT2D eigenvalue weighted by Crippen LogP contribution is -2.46. The smallest absolute Gasteiger partial charge is 0.308 e. The van der Waals surface area contributed by atoms with Crippen LogP contribution in [0, 0.1) is 11.8 Å². The van der Waals surface area contributed by atoms with Crippen molar-refractivity contribution in [2.24, 2.45) is 11.8 Å². The van der Waals surface area contributed by atoms with E-state index in [1.165, 1.54) is 0 Å². The molecular weight excluding hydrogens is 298 g/mol. The van der Waals surface area contributed by atoms with E-state index in [0.29, 0.717) is 26.2 Å². The number of carbonyl (C=O) groups is 2. The Morgan fingerprint density at radius 1 is 1.22 bits per heavy atom. The molecule has 126 valence electrons. The van der Waals surface area contributed by atoms with Crippen molar-refractivity contribution >= 4 is 11.9 Å². The third kappa shape index (κ3) is 5.56. The Morgan fingerprint density at radius 2 is 1.96 bits per heavy atom. The van der Waals surface area contributed by atoms with E-state index in [1.54, 1.807) is 4.90 Å². The minimum absolute atomic E-state index is 0.0444. The maximum Gasteiger partial charge on any atom is 0.308 e. The third-order valence-electron chi connectivity index (χ3n) is 3.83. The second kappa shape index (κ2) is 8.53. The van der Waals surface area contributed by atoms with Crippen LogP contribution in [0.5, 0.6) is 5.75 Å². The van der Waals surface area contributed by atoms with E-state index in [1.807, 2.05) is 37.3 Å². The summed E-state index contributed by atoms with van der Waals surface area (Å²) in [5.74, 6) is -0.537. The van der Waals surface area contributed by atoms with Crippen LogP contribution in [0.3, 0.4) is 0 Å². The van der Waals surface area contributed by atoms with Crippen molar-refractivity contribution in [3.63, 3.8) is 0 Å². The fourth-order valence-corrected chi connectivity index (χ4v) is 2.72. The number of carboxylic acids is 1. The lowest BCUT2D eigenvalue weighted by molar-refractivity contribution is -0.148. The molecule has 1 N–H and O–H groups in total. The van der Waals surface area contributed by atoms with E-state index >= 15 is 0 Å². The van der Waals surface area contributed by atoms with Crippen LogP contribution in [0.1, 0.15) is 13.3 Å². The van der Waals surface area contributed by atoms with Gasteiger partial charge in [-0.15, -0.1) is 0 Å². The largest absolute Gasteiger partial charge is 0.491 e. The van der Waals surface area contributed by atoms with Gasteiger partial charge in [0.15, 0.2) is 0 Å². The van der Waals surface area contributed by atoms with Gasteiger partial charge in [-0.3, -0.25) is 9.59 Å². The Labute approximate surface area is 136 Å². The van der Waals surface area contributed by atoms with Crippen LogP contribution < -0.4 is 4.74 Å². The van der Waals surface area contributed by atoms with Gasteiger partial charge in [0, 0.05) is 13.1 Å². The zero-order valence-corrected chi connectivity index (χ0v) is 13.3. The van der Waals surface area contributed by atoms with Crippen LogP contribution in [0.15, 0.2) is 30.3 Å². The van der Waals surface area contributed by atoms with Gasteiger partial charge in [0.05, 0.1) is 12.5 Å². The molecule has 1 amide bonds. The number of rotatable bonds is 7. The SMILES string of the molecule is CC1CC(C(=O)O)CN(C(=O)COCCOc2ccccc2)C1. The van der Waals surface area contributed by atoms with E-state index in [-0.39, 0.29) is 25.0 Å². The monoisotopic (exact) mass is 321 g/mol. The van der Waals surface area contributed by atoms with Gasteiger partial charge in [0.1, 0.15) is 19.0 Å². The summed E-state index contributed by atoms with van der Waals surface area (Å²) in [6, 6.07) is 9.39. The Hall–Kier alpha value is -2.08. The molecule has 0 aliphatic carbocycles. The topological polar surface area (TPSA) is 76.1 Å². The molecule has 1 saturated heterocycles. The number of piperidine rings is 1. The van der Waals surface area contributed by atoms with Crippen LogP contribution in [0.2, 0.25) is 0 Å². The summed E-state index contributed by atoms with van der Waals surface area (Å²) >= 11 is 0. The Kier molecular flexibility index (Phi) is 6.40. The molecule has 1 heterocycles. The van der Waals surface area contributed by atoms with Crippen LogP contribution in [0.4, 0.5) is 0 Å². The van der Waals surface area contributed by atoms with E-state index < -0.39 is 11.9 Å². The fourth-order valence-electron chi connectivity index (χ4n) is 2.72. The first-order valence-electron chi connectivity index (χ1n) is 7.82.